The SMILES string of the molecule is COCc1c(C#N)ccc2c1CCC(C(O)ON)O2. The molecule has 0 aliphatic carbocycles. The molecule has 6 heteroatoms. The normalized spacial score (nSPS) is 19.2. The molecule has 2 unspecified atom stereocenters. The fourth-order valence-corrected chi connectivity index (χ4v) is 2.27. The van der Waals surface area contributed by atoms with E-state index in [0.29, 0.717) is 30.8 Å². The van der Waals surface area contributed by atoms with Crippen molar-refractivity contribution < 1.29 is 19.4 Å². The van der Waals surface area contributed by atoms with Gasteiger partial charge in [-0.2, -0.15) is 5.26 Å². The maximum atomic E-state index is 9.53. The fraction of sp³-hybridized carbons (Fsp3) is 0.462. The first-order valence-corrected chi connectivity index (χ1v) is 5.95. The van der Waals surface area contributed by atoms with E-state index in [-0.39, 0.29) is 0 Å². The van der Waals surface area contributed by atoms with Gasteiger partial charge in [-0.05, 0) is 25.0 Å². The van der Waals surface area contributed by atoms with Crippen molar-refractivity contribution >= 4 is 0 Å². The summed E-state index contributed by atoms with van der Waals surface area (Å²) < 4.78 is 10.8. The molecule has 0 radical (unpaired) electrons. The number of hydrogen-bond acceptors (Lipinski definition) is 6. The van der Waals surface area contributed by atoms with E-state index in [9.17, 15) is 5.11 Å². The third-order valence-electron chi connectivity index (χ3n) is 3.21. The Balaban J connectivity index is 2.33. The minimum atomic E-state index is -1.16. The molecule has 0 aromatic heterocycles. The van der Waals surface area contributed by atoms with E-state index in [1.807, 2.05) is 0 Å². The largest absolute Gasteiger partial charge is 0.485 e. The van der Waals surface area contributed by atoms with E-state index in [0.717, 1.165) is 11.1 Å². The highest BCUT2D eigenvalue weighted by molar-refractivity contribution is 5.50. The van der Waals surface area contributed by atoms with E-state index in [2.05, 4.69) is 10.9 Å². The number of rotatable bonds is 4. The summed E-state index contributed by atoms with van der Waals surface area (Å²) in [6.07, 6.45) is -0.415. The molecule has 2 atom stereocenters. The van der Waals surface area contributed by atoms with Crippen LogP contribution in [0.5, 0.6) is 5.75 Å². The minimum absolute atomic E-state index is 0.357. The average Bonchev–Trinajstić information content (AvgIpc) is 2.46. The number of benzene rings is 1. The molecule has 19 heavy (non-hydrogen) atoms. The lowest BCUT2D eigenvalue weighted by Crippen LogP contribution is -2.38. The number of methoxy groups -OCH3 is 1. The zero-order valence-corrected chi connectivity index (χ0v) is 10.6. The molecule has 6 nitrogen and oxygen atoms in total. The van der Waals surface area contributed by atoms with Crippen molar-refractivity contribution in [2.45, 2.75) is 31.8 Å². The molecule has 0 spiro atoms. The molecule has 0 bridgehead atoms. The Bertz CT molecular complexity index is 498. The number of aliphatic hydroxyl groups is 1. The number of hydrogen-bond donors (Lipinski definition) is 2. The first kappa shape index (κ1) is 13.8. The van der Waals surface area contributed by atoms with Gasteiger partial charge in [-0.1, -0.05) is 0 Å². The van der Waals surface area contributed by atoms with Crippen LogP contribution in [0.1, 0.15) is 23.1 Å². The van der Waals surface area contributed by atoms with Gasteiger partial charge in [0.1, 0.15) is 5.75 Å². The molecule has 3 N–H and O–H groups in total. The van der Waals surface area contributed by atoms with Gasteiger partial charge >= 0.3 is 0 Å². The molecule has 1 heterocycles. The number of fused-ring (bicyclic) bond motifs is 1. The molecule has 0 saturated carbocycles. The zero-order valence-electron chi connectivity index (χ0n) is 10.6. The van der Waals surface area contributed by atoms with Crippen molar-refractivity contribution in [3.8, 4) is 11.8 Å². The van der Waals surface area contributed by atoms with Gasteiger partial charge in [0.15, 0.2) is 6.10 Å². The third-order valence-corrected chi connectivity index (χ3v) is 3.21. The van der Waals surface area contributed by atoms with Crippen LogP contribution in [0.15, 0.2) is 12.1 Å². The van der Waals surface area contributed by atoms with Crippen molar-refractivity contribution in [2.75, 3.05) is 7.11 Å². The number of nitriles is 1. The van der Waals surface area contributed by atoms with E-state index in [1.165, 1.54) is 0 Å². The van der Waals surface area contributed by atoms with E-state index in [1.54, 1.807) is 19.2 Å². The smallest absolute Gasteiger partial charge is 0.211 e. The van der Waals surface area contributed by atoms with Gasteiger partial charge in [-0.3, -0.25) is 4.84 Å². The van der Waals surface area contributed by atoms with Crippen molar-refractivity contribution in [1.82, 2.24) is 0 Å². The number of ether oxygens (including phenoxy) is 2. The molecular formula is C13H16N2O4. The van der Waals surface area contributed by atoms with Gasteiger partial charge in [0.25, 0.3) is 0 Å². The highest BCUT2D eigenvalue weighted by atomic mass is 16.7. The van der Waals surface area contributed by atoms with E-state index < -0.39 is 12.4 Å². The van der Waals surface area contributed by atoms with Gasteiger partial charge in [0.2, 0.25) is 6.29 Å². The third kappa shape index (κ3) is 2.69. The van der Waals surface area contributed by atoms with Gasteiger partial charge in [0.05, 0.1) is 18.2 Å². The maximum Gasteiger partial charge on any atom is 0.211 e. The summed E-state index contributed by atoms with van der Waals surface area (Å²) >= 11 is 0. The van der Waals surface area contributed by atoms with Crippen molar-refractivity contribution in [3.63, 3.8) is 0 Å². The highest BCUT2D eigenvalue weighted by Gasteiger charge is 2.28. The molecule has 1 aromatic carbocycles. The summed E-state index contributed by atoms with van der Waals surface area (Å²) in [5, 5.41) is 18.6. The van der Waals surface area contributed by atoms with E-state index >= 15 is 0 Å². The summed E-state index contributed by atoms with van der Waals surface area (Å²) in [7, 11) is 1.58. The Morgan fingerprint density at radius 1 is 1.63 bits per heavy atom. The number of aliphatic hydroxyl groups excluding tert-OH is 1. The Morgan fingerprint density at radius 2 is 2.42 bits per heavy atom. The van der Waals surface area contributed by atoms with Gasteiger partial charge in [0, 0.05) is 18.2 Å². The van der Waals surface area contributed by atoms with Crippen LogP contribution in [0, 0.1) is 11.3 Å². The molecule has 102 valence electrons. The first-order valence-electron chi connectivity index (χ1n) is 5.95. The lowest BCUT2D eigenvalue weighted by atomic mass is 9.94. The van der Waals surface area contributed by atoms with Crippen LogP contribution >= 0.6 is 0 Å². The Kier molecular flexibility index (Phi) is 4.35. The average molecular weight is 264 g/mol. The van der Waals surface area contributed by atoms with Crippen LogP contribution in [0.25, 0.3) is 0 Å². The zero-order chi connectivity index (χ0) is 13.8. The van der Waals surface area contributed by atoms with Crippen LogP contribution in [0.4, 0.5) is 0 Å². The lowest BCUT2D eigenvalue weighted by Gasteiger charge is -2.29. The second-order valence-electron chi connectivity index (χ2n) is 4.33. The second-order valence-corrected chi connectivity index (χ2v) is 4.33. The van der Waals surface area contributed by atoms with Crippen LogP contribution < -0.4 is 10.6 Å². The molecule has 1 aliphatic heterocycles. The predicted molar refractivity (Wildman–Crippen MR) is 65.9 cm³/mol. The topological polar surface area (TPSA) is 97.7 Å². The highest BCUT2D eigenvalue weighted by Crippen LogP contribution is 2.33. The molecule has 1 aromatic rings. The van der Waals surface area contributed by atoms with E-state index in [4.69, 9.17) is 20.6 Å². The van der Waals surface area contributed by atoms with Gasteiger partial charge in [-0.15, -0.1) is 0 Å². The lowest BCUT2D eigenvalue weighted by molar-refractivity contribution is -0.160. The van der Waals surface area contributed by atoms with Gasteiger partial charge in [-0.25, -0.2) is 5.90 Å². The molecule has 2 rings (SSSR count). The molecular weight excluding hydrogens is 248 g/mol. The van der Waals surface area contributed by atoms with Crippen molar-refractivity contribution in [3.05, 3.63) is 28.8 Å². The Labute approximate surface area is 111 Å². The van der Waals surface area contributed by atoms with Crippen molar-refractivity contribution in [1.29, 1.82) is 5.26 Å². The molecule has 0 amide bonds. The Hall–Kier alpha value is -1.65. The summed E-state index contributed by atoms with van der Waals surface area (Å²) in [6.45, 7) is 0.357. The summed E-state index contributed by atoms with van der Waals surface area (Å²) in [5.74, 6) is 5.59. The second kappa shape index (κ2) is 5.99. The van der Waals surface area contributed by atoms with Crippen LogP contribution in [-0.2, 0) is 22.6 Å². The quantitative estimate of drug-likeness (QED) is 0.610. The summed E-state index contributed by atoms with van der Waals surface area (Å²) in [4.78, 5) is 4.38. The standard InChI is InChI=1S/C13H16N2O4/c1-17-7-10-8(6-14)2-4-11-9(10)3-5-12(18-11)13(16)19-15/h2,4,12-13,16H,3,5,7,15H2,1H3. The van der Waals surface area contributed by atoms with Crippen LogP contribution in [0.3, 0.4) is 0 Å². The summed E-state index contributed by atoms with van der Waals surface area (Å²) in [5.41, 5.74) is 2.36. The molecule has 0 fully saturated rings. The van der Waals surface area contributed by atoms with Crippen molar-refractivity contribution in [2.24, 2.45) is 5.90 Å². The van der Waals surface area contributed by atoms with Crippen LogP contribution in [0.2, 0.25) is 0 Å². The molecule has 1 aliphatic rings. The fourth-order valence-electron chi connectivity index (χ4n) is 2.27. The molecule has 0 saturated heterocycles. The van der Waals surface area contributed by atoms with Gasteiger partial charge < -0.3 is 14.6 Å². The monoisotopic (exact) mass is 264 g/mol. The number of nitrogens with two attached hydrogens (primary N) is 1. The first-order chi connectivity index (χ1) is 9.21. The van der Waals surface area contributed by atoms with Crippen LogP contribution in [-0.4, -0.2) is 24.6 Å². The number of nitrogens with zero attached hydrogens (tertiary/aromatic N) is 1. The maximum absolute atomic E-state index is 9.53. The minimum Gasteiger partial charge on any atom is -0.485 e. The summed E-state index contributed by atoms with van der Waals surface area (Å²) in [6, 6.07) is 5.56. The predicted octanol–water partition coefficient (Wildman–Crippen LogP) is 0.607. The Morgan fingerprint density at radius 3 is 3.05 bits per heavy atom.